The fraction of sp³-hybridized carbons (Fsp3) is 0.750. The predicted molar refractivity (Wildman–Crippen MR) is 28.9 cm³/mol. The van der Waals surface area contributed by atoms with Gasteiger partial charge in [0.2, 0.25) is 0 Å². The van der Waals surface area contributed by atoms with Gasteiger partial charge in [0.25, 0.3) is 0 Å². The van der Waals surface area contributed by atoms with Crippen LogP contribution in [0, 0.1) is 0 Å². The molecule has 0 fully saturated rings. The van der Waals surface area contributed by atoms with Gasteiger partial charge in [-0.25, -0.2) is 0 Å². The normalized spacial score (nSPS) is 18.2. The molecule has 1 aliphatic rings. The zero-order valence-corrected chi connectivity index (χ0v) is 4.69. The number of nitrogens with one attached hydrogen (secondary N) is 1. The van der Waals surface area contributed by atoms with Crippen LogP contribution in [0.25, 0.3) is 0 Å². The van der Waals surface area contributed by atoms with Gasteiger partial charge in [-0.1, -0.05) is 0 Å². The summed E-state index contributed by atoms with van der Waals surface area (Å²) < 4.78 is 12.2. The van der Waals surface area contributed by atoms with E-state index < -0.39 is 6.09 Å². The highest BCUT2D eigenvalue weighted by atomic mass is 19.1. The molecule has 1 N–H and O–H groups in total. The van der Waals surface area contributed by atoms with Crippen molar-refractivity contribution in [3.05, 3.63) is 0 Å². The summed E-state index contributed by atoms with van der Waals surface area (Å²) in [6, 6.07) is 0. The van der Waals surface area contributed by atoms with Crippen molar-refractivity contribution in [2.75, 3.05) is 13.2 Å². The van der Waals surface area contributed by atoms with Gasteiger partial charge in [-0.15, -0.1) is 5.10 Å². The van der Waals surface area contributed by atoms with E-state index >= 15 is 0 Å². The van der Waals surface area contributed by atoms with E-state index in [1.54, 1.807) is 0 Å². The van der Waals surface area contributed by atoms with Gasteiger partial charge < -0.3 is 4.90 Å². The van der Waals surface area contributed by atoms with Gasteiger partial charge in [0.05, 0.1) is 0 Å². The monoisotopic (exact) mass is 117 g/mol. The number of rotatable bonds is 1. The second-order valence-corrected chi connectivity index (χ2v) is 1.55. The lowest BCUT2D eigenvalue weighted by molar-refractivity contribution is 0.414. The lowest BCUT2D eigenvalue weighted by atomic mass is 10.6. The van der Waals surface area contributed by atoms with Crippen LogP contribution in [-0.4, -0.2) is 24.2 Å². The molecular weight excluding hydrogens is 109 g/mol. The van der Waals surface area contributed by atoms with Gasteiger partial charge in [-0.05, 0) is 6.92 Å². The molecule has 1 rings (SSSR count). The molecule has 0 amide bonds. The topological polar surface area (TPSA) is 27.6 Å². The van der Waals surface area contributed by atoms with Crippen LogP contribution in [-0.2, 0) is 0 Å². The zero-order chi connectivity index (χ0) is 5.98. The molecule has 0 atom stereocenters. The number of hydrazone groups is 1. The molecule has 0 aromatic rings. The minimum Gasteiger partial charge on any atom is -0.313 e. The van der Waals surface area contributed by atoms with Gasteiger partial charge in [0, 0.05) is 6.54 Å². The van der Waals surface area contributed by atoms with E-state index in [9.17, 15) is 4.39 Å². The molecule has 1 heterocycles. The lowest BCUT2D eigenvalue weighted by Gasteiger charge is -2.08. The van der Waals surface area contributed by atoms with Crippen LogP contribution in [0.15, 0.2) is 5.10 Å². The number of halogens is 1. The number of nitrogens with zero attached hydrogens (tertiary/aromatic N) is 2. The van der Waals surface area contributed by atoms with Crippen molar-refractivity contribution in [3.8, 4) is 0 Å². The molecular formula is C4H8FN3. The quantitative estimate of drug-likeness (QED) is 0.493. The summed E-state index contributed by atoms with van der Waals surface area (Å²) in [6.07, 6.45) is -0.410. The molecule has 0 spiro atoms. The molecule has 0 radical (unpaired) electrons. The highest BCUT2D eigenvalue weighted by molar-refractivity contribution is 5.73. The van der Waals surface area contributed by atoms with Crippen molar-refractivity contribution in [3.63, 3.8) is 0 Å². The average Bonchev–Trinajstić information content (AvgIpc) is 2.14. The van der Waals surface area contributed by atoms with E-state index in [-0.39, 0.29) is 0 Å². The molecule has 0 bridgehead atoms. The second kappa shape index (κ2) is 1.98. The molecule has 0 saturated heterocycles. The smallest absolute Gasteiger partial charge is 0.303 e. The molecule has 8 heavy (non-hydrogen) atoms. The summed E-state index contributed by atoms with van der Waals surface area (Å²) in [5, 5.41) is 3.31. The second-order valence-electron chi connectivity index (χ2n) is 1.55. The summed E-state index contributed by atoms with van der Waals surface area (Å²) in [5.41, 5.74) is 2.51. The maximum Gasteiger partial charge on any atom is 0.303 e. The van der Waals surface area contributed by atoms with E-state index in [2.05, 4.69) is 10.5 Å². The molecule has 1 aliphatic heterocycles. The third kappa shape index (κ3) is 0.731. The Hall–Kier alpha value is -0.800. The molecule has 0 unspecified atom stereocenters. The molecule has 0 saturated carbocycles. The Morgan fingerprint density at radius 1 is 2.00 bits per heavy atom. The minimum atomic E-state index is -0.410. The van der Waals surface area contributed by atoms with Crippen LogP contribution in [0.3, 0.4) is 0 Å². The average molecular weight is 117 g/mol. The number of hydrogen-bond acceptors (Lipinski definition) is 3. The maximum atomic E-state index is 12.2. The highest BCUT2D eigenvalue weighted by Crippen LogP contribution is 1.95. The minimum absolute atomic E-state index is 0.410. The Labute approximate surface area is 47.2 Å². The lowest BCUT2D eigenvalue weighted by Crippen LogP contribution is -2.26. The summed E-state index contributed by atoms with van der Waals surface area (Å²) in [7, 11) is 0. The van der Waals surface area contributed by atoms with Crippen molar-refractivity contribution in [1.29, 1.82) is 0 Å². The number of hydrogen-bond donors (Lipinski definition) is 1. The first kappa shape index (κ1) is 5.34. The Morgan fingerprint density at radius 3 is 3.00 bits per heavy atom. The van der Waals surface area contributed by atoms with Gasteiger partial charge >= 0.3 is 6.09 Å². The van der Waals surface area contributed by atoms with Crippen molar-refractivity contribution >= 4 is 6.09 Å². The summed E-state index contributed by atoms with van der Waals surface area (Å²) >= 11 is 0. The van der Waals surface area contributed by atoms with Gasteiger partial charge in [0.15, 0.2) is 0 Å². The van der Waals surface area contributed by atoms with Gasteiger partial charge in [-0.3, -0.25) is 5.43 Å². The molecule has 4 heteroatoms. The fourth-order valence-electron chi connectivity index (χ4n) is 0.564. The van der Waals surface area contributed by atoms with Crippen LogP contribution in [0.1, 0.15) is 6.92 Å². The van der Waals surface area contributed by atoms with Crippen LogP contribution in [0.2, 0.25) is 0 Å². The Kier molecular flexibility index (Phi) is 1.32. The van der Waals surface area contributed by atoms with Crippen LogP contribution in [0.4, 0.5) is 4.39 Å². The van der Waals surface area contributed by atoms with Crippen LogP contribution >= 0.6 is 0 Å². The number of amidine groups is 1. The zero-order valence-electron chi connectivity index (χ0n) is 4.69. The molecule has 3 nitrogen and oxygen atoms in total. The third-order valence-electron chi connectivity index (χ3n) is 1.08. The third-order valence-corrected chi connectivity index (χ3v) is 1.08. The van der Waals surface area contributed by atoms with E-state index in [1.165, 1.54) is 4.90 Å². The summed E-state index contributed by atoms with van der Waals surface area (Å²) in [5.74, 6) is 0. The van der Waals surface area contributed by atoms with Gasteiger partial charge in [0.1, 0.15) is 6.67 Å². The van der Waals surface area contributed by atoms with E-state index in [4.69, 9.17) is 0 Å². The Bertz CT molecular complexity index is 112. The van der Waals surface area contributed by atoms with Gasteiger partial charge in [-0.2, -0.15) is 4.39 Å². The first-order chi connectivity index (χ1) is 3.84. The van der Waals surface area contributed by atoms with Crippen molar-refractivity contribution in [2.24, 2.45) is 5.10 Å². The van der Waals surface area contributed by atoms with Crippen molar-refractivity contribution < 1.29 is 4.39 Å². The highest BCUT2D eigenvalue weighted by Gasteiger charge is 2.12. The fourth-order valence-corrected chi connectivity index (χ4v) is 0.564. The molecule has 0 aromatic carbocycles. The first-order valence-corrected chi connectivity index (χ1v) is 2.55. The standard InChI is InChI=1S/C4H8FN3/c1-2-8-3-6-7-4(8)5/h6H,2-3H2,1H3. The van der Waals surface area contributed by atoms with E-state index in [1.807, 2.05) is 6.92 Å². The largest absolute Gasteiger partial charge is 0.313 e. The first-order valence-electron chi connectivity index (χ1n) is 2.55. The predicted octanol–water partition coefficient (Wildman–Crippen LogP) is 0.110. The van der Waals surface area contributed by atoms with E-state index in [0.717, 1.165) is 0 Å². The summed E-state index contributed by atoms with van der Waals surface area (Å²) in [6.45, 7) is 3.05. The molecule has 46 valence electrons. The van der Waals surface area contributed by atoms with E-state index in [0.29, 0.717) is 13.2 Å². The molecule has 0 aromatic heterocycles. The maximum absolute atomic E-state index is 12.2. The van der Waals surface area contributed by atoms with Crippen LogP contribution in [0.5, 0.6) is 0 Å². The molecule has 0 aliphatic carbocycles. The van der Waals surface area contributed by atoms with Crippen molar-refractivity contribution in [2.45, 2.75) is 6.92 Å². The Morgan fingerprint density at radius 2 is 2.75 bits per heavy atom. The summed E-state index contributed by atoms with van der Waals surface area (Å²) in [4.78, 5) is 1.50. The SMILES string of the molecule is CCN1CNN=C1F. The van der Waals surface area contributed by atoms with Crippen molar-refractivity contribution in [1.82, 2.24) is 10.3 Å². The van der Waals surface area contributed by atoms with Crippen LogP contribution < -0.4 is 5.43 Å². The Balaban J connectivity index is 2.46.